The van der Waals surface area contributed by atoms with E-state index in [0.29, 0.717) is 13.0 Å². The maximum atomic E-state index is 12.3. The number of hydrogen-bond acceptors (Lipinski definition) is 6. The summed E-state index contributed by atoms with van der Waals surface area (Å²) in [5.74, 6) is 1.78. The molecule has 0 bridgehead atoms. The third-order valence-electron chi connectivity index (χ3n) is 4.63. The largest absolute Gasteiger partial charge is 0.497 e. The second-order valence-electron chi connectivity index (χ2n) is 6.24. The second-order valence-corrected chi connectivity index (χ2v) is 6.24. The van der Waals surface area contributed by atoms with Gasteiger partial charge in [0.25, 0.3) is 0 Å². The van der Waals surface area contributed by atoms with Crippen LogP contribution in [0.5, 0.6) is 11.5 Å². The number of aromatic nitrogens is 3. The fourth-order valence-corrected chi connectivity index (χ4v) is 3.10. The summed E-state index contributed by atoms with van der Waals surface area (Å²) >= 11 is 0. The normalized spacial score (nSPS) is 15.1. The van der Waals surface area contributed by atoms with Gasteiger partial charge in [-0.05, 0) is 6.07 Å². The molecule has 8 heteroatoms. The minimum atomic E-state index is 0.169. The molecule has 26 heavy (non-hydrogen) atoms. The van der Waals surface area contributed by atoms with Gasteiger partial charge in [-0.2, -0.15) is 5.10 Å². The number of methoxy groups -OCH3 is 2. The van der Waals surface area contributed by atoms with Crippen LogP contribution in [-0.2, 0) is 17.9 Å². The Bertz CT molecular complexity index is 712. The highest BCUT2D eigenvalue weighted by molar-refractivity contribution is 5.76. The summed E-state index contributed by atoms with van der Waals surface area (Å²) in [5.41, 5.74) is 1.12. The van der Waals surface area contributed by atoms with E-state index in [-0.39, 0.29) is 5.91 Å². The van der Waals surface area contributed by atoms with Gasteiger partial charge in [0, 0.05) is 50.8 Å². The average Bonchev–Trinajstić information content (AvgIpc) is 3.20. The summed E-state index contributed by atoms with van der Waals surface area (Å²) in [4.78, 5) is 20.5. The number of ether oxygens (including phenoxy) is 2. The molecule has 140 valence electrons. The molecule has 2 heterocycles. The van der Waals surface area contributed by atoms with Gasteiger partial charge in [-0.25, -0.2) is 4.98 Å². The molecule has 1 aromatic carbocycles. The van der Waals surface area contributed by atoms with E-state index in [9.17, 15) is 4.79 Å². The molecule has 0 atom stereocenters. The van der Waals surface area contributed by atoms with Crippen molar-refractivity contribution in [1.82, 2.24) is 24.6 Å². The molecule has 3 rings (SSSR count). The minimum Gasteiger partial charge on any atom is -0.497 e. The van der Waals surface area contributed by atoms with Crippen LogP contribution in [0.25, 0.3) is 0 Å². The van der Waals surface area contributed by atoms with Crippen molar-refractivity contribution in [2.75, 3.05) is 40.4 Å². The number of amides is 1. The van der Waals surface area contributed by atoms with Crippen molar-refractivity contribution < 1.29 is 14.3 Å². The van der Waals surface area contributed by atoms with Crippen LogP contribution in [0.3, 0.4) is 0 Å². The number of rotatable bonds is 7. The summed E-state index contributed by atoms with van der Waals surface area (Å²) < 4.78 is 12.4. The quantitative estimate of drug-likeness (QED) is 0.735. The lowest BCUT2D eigenvalue weighted by Crippen LogP contribution is -2.48. The Morgan fingerprint density at radius 1 is 1.15 bits per heavy atom. The van der Waals surface area contributed by atoms with E-state index in [4.69, 9.17) is 9.47 Å². The summed E-state index contributed by atoms with van der Waals surface area (Å²) in [6.45, 7) is 4.56. The Balaban J connectivity index is 1.48. The Kier molecular flexibility index (Phi) is 6.06. The van der Waals surface area contributed by atoms with Crippen LogP contribution < -0.4 is 9.47 Å². The van der Waals surface area contributed by atoms with E-state index in [1.807, 2.05) is 23.1 Å². The van der Waals surface area contributed by atoms with Crippen LogP contribution in [0, 0.1) is 0 Å². The smallest absolute Gasteiger partial charge is 0.224 e. The molecule has 1 fully saturated rings. The average molecular weight is 359 g/mol. The maximum Gasteiger partial charge on any atom is 0.224 e. The molecule has 0 saturated carbocycles. The fraction of sp³-hybridized carbons (Fsp3) is 0.500. The van der Waals surface area contributed by atoms with Crippen LogP contribution in [0.1, 0.15) is 12.0 Å². The number of hydrogen-bond donors (Lipinski definition) is 0. The van der Waals surface area contributed by atoms with E-state index >= 15 is 0 Å². The first-order valence-corrected chi connectivity index (χ1v) is 8.73. The third-order valence-corrected chi connectivity index (χ3v) is 4.63. The Morgan fingerprint density at radius 3 is 2.62 bits per heavy atom. The number of carbonyl (C=O) groups is 1. The predicted molar refractivity (Wildman–Crippen MR) is 96.0 cm³/mol. The first kappa shape index (κ1) is 18.2. The highest BCUT2D eigenvalue weighted by Crippen LogP contribution is 2.26. The zero-order valence-corrected chi connectivity index (χ0v) is 15.3. The molecular weight excluding hydrogens is 334 g/mol. The molecule has 1 amide bonds. The molecule has 0 N–H and O–H groups in total. The van der Waals surface area contributed by atoms with Crippen molar-refractivity contribution in [2.45, 2.75) is 19.5 Å². The molecule has 8 nitrogen and oxygen atoms in total. The monoisotopic (exact) mass is 359 g/mol. The first-order chi connectivity index (χ1) is 12.7. The van der Waals surface area contributed by atoms with Crippen LogP contribution in [0.4, 0.5) is 0 Å². The molecule has 0 spiro atoms. The highest BCUT2D eigenvalue weighted by atomic mass is 16.5. The minimum absolute atomic E-state index is 0.169. The van der Waals surface area contributed by atoms with Crippen LogP contribution in [-0.4, -0.2) is 70.9 Å². The third kappa shape index (κ3) is 4.51. The van der Waals surface area contributed by atoms with Crippen molar-refractivity contribution in [3.05, 3.63) is 36.4 Å². The van der Waals surface area contributed by atoms with Gasteiger partial charge in [-0.15, -0.1) is 0 Å². The molecule has 1 aromatic heterocycles. The lowest BCUT2D eigenvalue weighted by Gasteiger charge is -2.35. The number of piperazine rings is 1. The van der Waals surface area contributed by atoms with Gasteiger partial charge in [0.2, 0.25) is 5.91 Å². The van der Waals surface area contributed by atoms with Gasteiger partial charge < -0.3 is 14.4 Å². The lowest BCUT2D eigenvalue weighted by atomic mass is 10.1. The van der Waals surface area contributed by atoms with Gasteiger partial charge in [0.15, 0.2) is 0 Å². The Hall–Kier alpha value is -2.61. The molecule has 1 aliphatic rings. The molecular formula is C18H25N5O3. The molecule has 0 radical (unpaired) electrons. The number of carbonyl (C=O) groups excluding carboxylic acids is 1. The standard InChI is InChI=1S/C18H25N5O3/c1-25-16-4-3-15(17(11-16)26-2)12-21-7-9-22(10-8-21)18(24)5-6-23-14-19-13-20-23/h3-4,11,13-14H,5-10,12H2,1-2H3. The molecule has 1 saturated heterocycles. The van der Waals surface area contributed by atoms with Crippen molar-refractivity contribution in [2.24, 2.45) is 0 Å². The van der Waals surface area contributed by atoms with E-state index in [0.717, 1.165) is 49.8 Å². The zero-order valence-electron chi connectivity index (χ0n) is 15.3. The van der Waals surface area contributed by atoms with Crippen molar-refractivity contribution in [1.29, 1.82) is 0 Å². The molecule has 1 aliphatic heterocycles. The maximum absolute atomic E-state index is 12.3. The number of benzene rings is 1. The first-order valence-electron chi connectivity index (χ1n) is 8.73. The lowest BCUT2D eigenvalue weighted by molar-refractivity contribution is -0.133. The number of nitrogens with zero attached hydrogens (tertiary/aromatic N) is 5. The highest BCUT2D eigenvalue weighted by Gasteiger charge is 2.21. The van der Waals surface area contributed by atoms with E-state index in [1.54, 1.807) is 25.2 Å². The summed E-state index contributed by atoms with van der Waals surface area (Å²) in [5, 5.41) is 4.03. The zero-order chi connectivity index (χ0) is 18.4. The molecule has 0 aliphatic carbocycles. The van der Waals surface area contributed by atoms with Gasteiger partial charge >= 0.3 is 0 Å². The predicted octanol–water partition coefficient (Wildman–Crippen LogP) is 1.03. The fourth-order valence-electron chi connectivity index (χ4n) is 3.10. The molecule has 0 unspecified atom stereocenters. The Morgan fingerprint density at radius 2 is 1.96 bits per heavy atom. The second kappa shape index (κ2) is 8.66. The van der Waals surface area contributed by atoms with Gasteiger partial charge in [-0.3, -0.25) is 14.4 Å². The van der Waals surface area contributed by atoms with Crippen LogP contribution >= 0.6 is 0 Å². The Labute approximate surface area is 153 Å². The van der Waals surface area contributed by atoms with Crippen molar-refractivity contribution >= 4 is 5.91 Å². The van der Waals surface area contributed by atoms with E-state index in [2.05, 4.69) is 15.0 Å². The van der Waals surface area contributed by atoms with Crippen LogP contribution in [0.2, 0.25) is 0 Å². The van der Waals surface area contributed by atoms with Gasteiger partial charge in [0.1, 0.15) is 24.2 Å². The summed E-state index contributed by atoms with van der Waals surface area (Å²) in [7, 11) is 3.32. The SMILES string of the molecule is COc1ccc(CN2CCN(C(=O)CCn3cncn3)CC2)c(OC)c1. The van der Waals surface area contributed by atoms with Gasteiger partial charge in [0.05, 0.1) is 20.8 Å². The summed E-state index contributed by atoms with van der Waals surface area (Å²) in [6.07, 6.45) is 3.57. The van der Waals surface area contributed by atoms with Crippen molar-refractivity contribution in [3.63, 3.8) is 0 Å². The van der Waals surface area contributed by atoms with E-state index in [1.165, 1.54) is 6.33 Å². The number of aryl methyl sites for hydroxylation is 1. The van der Waals surface area contributed by atoms with Gasteiger partial charge in [-0.1, -0.05) is 6.07 Å². The summed E-state index contributed by atoms with van der Waals surface area (Å²) in [6, 6.07) is 5.88. The molecule has 2 aromatic rings. The van der Waals surface area contributed by atoms with E-state index < -0.39 is 0 Å². The van der Waals surface area contributed by atoms with Crippen molar-refractivity contribution in [3.8, 4) is 11.5 Å². The van der Waals surface area contributed by atoms with Crippen LogP contribution in [0.15, 0.2) is 30.9 Å². The topological polar surface area (TPSA) is 72.7 Å².